The van der Waals surface area contributed by atoms with Crippen LogP contribution in [0.25, 0.3) is 0 Å². The van der Waals surface area contributed by atoms with Crippen LogP contribution in [0.15, 0.2) is 24.3 Å². The van der Waals surface area contributed by atoms with E-state index >= 15 is 0 Å². The molecule has 0 aliphatic rings. The zero-order chi connectivity index (χ0) is 11.1. The van der Waals surface area contributed by atoms with E-state index in [1.54, 1.807) is 6.07 Å². The summed E-state index contributed by atoms with van der Waals surface area (Å²) >= 11 is 0. The molecular weight excluding hydrogens is 190 g/mol. The van der Waals surface area contributed by atoms with E-state index in [0.29, 0.717) is 12.2 Å². The summed E-state index contributed by atoms with van der Waals surface area (Å²) in [6.07, 6.45) is 0.842. The molecule has 0 bridgehead atoms. The molecule has 0 fully saturated rings. The molecule has 0 amide bonds. The van der Waals surface area contributed by atoms with Crippen LogP contribution < -0.4 is 5.32 Å². The summed E-state index contributed by atoms with van der Waals surface area (Å²) in [5, 5.41) is 3.13. The highest BCUT2D eigenvalue weighted by Gasteiger charge is 2.10. The van der Waals surface area contributed by atoms with Crippen LogP contribution in [0.2, 0.25) is 0 Å². The molecule has 3 heteroatoms. The number of esters is 1. The van der Waals surface area contributed by atoms with Crippen molar-refractivity contribution >= 4 is 11.7 Å². The minimum absolute atomic E-state index is 0.256. The van der Waals surface area contributed by atoms with E-state index in [9.17, 15) is 4.79 Å². The standard InChI is InChI=1S/C12H17NO2/c1-3-9-15-12(14)10-7-5-6-8-11(10)13-4-2/h5-8,13H,3-4,9H2,1-2H3. The molecule has 0 spiro atoms. The van der Waals surface area contributed by atoms with Crippen molar-refractivity contribution in [3.05, 3.63) is 29.8 Å². The molecule has 0 aromatic heterocycles. The number of hydrogen-bond acceptors (Lipinski definition) is 3. The molecule has 0 heterocycles. The number of rotatable bonds is 5. The number of benzene rings is 1. The fourth-order valence-electron chi connectivity index (χ4n) is 1.28. The summed E-state index contributed by atoms with van der Waals surface area (Å²) in [6, 6.07) is 7.39. The fraction of sp³-hybridized carbons (Fsp3) is 0.417. The molecule has 3 nitrogen and oxygen atoms in total. The first kappa shape index (κ1) is 11.6. The predicted octanol–water partition coefficient (Wildman–Crippen LogP) is 2.69. The van der Waals surface area contributed by atoms with Crippen LogP contribution in [0.4, 0.5) is 5.69 Å². The van der Waals surface area contributed by atoms with Gasteiger partial charge < -0.3 is 10.1 Å². The first-order valence-corrected chi connectivity index (χ1v) is 5.29. The van der Waals surface area contributed by atoms with Gasteiger partial charge in [0.2, 0.25) is 0 Å². The van der Waals surface area contributed by atoms with E-state index in [2.05, 4.69) is 5.32 Å². The number of anilines is 1. The number of ether oxygens (including phenoxy) is 1. The van der Waals surface area contributed by atoms with Gasteiger partial charge in [0.25, 0.3) is 0 Å². The van der Waals surface area contributed by atoms with Gasteiger partial charge in [-0.3, -0.25) is 0 Å². The van der Waals surface area contributed by atoms with Crippen molar-refractivity contribution < 1.29 is 9.53 Å². The Balaban J connectivity index is 2.77. The van der Waals surface area contributed by atoms with Gasteiger partial charge in [-0.15, -0.1) is 0 Å². The second-order valence-corrected chi connectivity index (χ2v) is 3.21. The van der Waals surface area contributed by atoms with E-state index < -0.39 is 0 Å². The second kappa shape index (κ2) is 6.06. The first-order chi connectivity index (χ1) is 7.29. The first-order valence-electron chi connectivity index (χ1n) is 5.29. The highest BCUT2D eigenvalue weighted by Crippen LogP contribution is 2.15. The van der Waals surface area contributed by atoms with Gasteiger partial charge in [0.05, 0.1) is 12.2 Å². The summed E-state index contributed by atoms with van der Waals surface area (Å²) in [6.45, 7) is 5.23. The average molecular weight is 207 g/mol. The Kier molecular flexibility index (Phi) is 4.68. The lowest BCUT2D eigenvalue weighted by molar-refractivity contribution is 0.0506. The summed E-state index contributed by atoms with van der Waals surface area (Å²) in [4.78, 5) is 11.6. The summed E-state index contributed by atoms with van der Waals surface area (Å²) in [7, 11) is 0. The normalized spacial score (nSPS) is 9.73. The Hall–Kier alpha value is -1.51. The lowest BCUT2D eigenvalue weighted by atomic mass is 10.2. The highest BCUT2D eigenvalue weighted by atomic mass is 16.5. The lowest BCUT2D eigenvalue weighted by Gasteiger charge is -2.09. The smallest absolute Gasteiger partial charge is 0.340 e. The molecule has 82 valence electrons. The predicted molar refractivity (Wildman–Crippen MR) is 61.2 cm³/mol. The molecule has 0 aliphatic carbocycles. The van der Waals surface area contributed by atoms with E-state index in [1.165, 1.54) is 0 Å². The molecule has 1 aromatic rings. The molecule has 0 atom stereocenters. The van der Waals surface area contributed by atoms with Crippen molar-refractivity contribution in [2.45, 2.75) is 20.3 Å². The van der Waals surface area contributed by atoms with Crippen molar-refractivity contribution in [1.29, 1.82) is 0 Å². The quantitative estimate of drug-likeness (QED) is 0.754. The molecule has 0 aliphatic heterocycles. The average Bonchev–Trinajstić information content (AvgIpc) is 2.27. The molecule has 1 rings (SSSR count). The number of para-hydroxylation sites is 1. The molecule has 0 saturated heterocycles. The third-order valence-corrected chi connectivity index (χ3v) is 1.95. The van der Waals surface area contributed by atoms with E-state index in [1.807, 2.05) is 32.0 Å². The number of carbonyl (C=O) groups excluding carboxylic acids is 1. The molecule has 1 N–H and O–H groups in total. The van der Waals surface area contributed by atoms with E-state index in [-0.39, 0.29) is 5.97 Å². The van der Waals surface area contributed by atoms with Crippen LogP contribution in [0, 0.1) is 0 Å². The van der Waals surface area contributed by atoms with Crippen molar-refractivity contribution in [1.82, 2.24) is 0 Å². The number of hydrogen-bond donors (Lipinski definition) is 1. The Morgan fingerprint density at radius 2 is 2.07 bits per heavy atom. The monoisotopic (exact) mass is 207 g/mol. The van der Waals surface area contributed by atoms with Crippen molar-refractivity contribution in [3.8, 4) is 0 Å². The van der Waals surface area contributed by atoms with E-state index in [0.717, 1.165) is 18.7 Å². The van der Waals surface area contributed by atoms with Gasteiger partial charge in [-0.1, -0.05) is 19.1 Å². The Morgan fingerprint density at radius 1 is 1.33 bits per heavy atom. The lowest BCUT2D eigenvalue weighted by Crippen LogP contribution is -2.10. The van der Waals surface area contributed by atoms with Crippen LogP contribution >= 0.6 is 0 Å². The van der Waals surface area contributed by atoms with Crippen LogP contribution in [-0.2, 0) is 4.74 Å². The third kappa shape index (κ3) is 3.27. The third-order valence-electron chi connectivity index (χ3n) is 1.95. The van der Waals surface area contributed by atoms with Crippen LogP contribution in [0.3, 0.4) is 0 Å². The van der Waals surface area contributed by atoms with Crippen LogP contribution in [0.1, 0.15) is 30.6 Å². The minimum atomic E-state index is -0.256. The molecule has 15 heavy (non-hydrogen) atoms. The van der Waals surface area contributed by atoms with Gasteiger partial charge in [0, 0.05) is 12.2 Å². The second-order valence-electron chi connectivity index (χ2n) is 3.21. The zero-order valence-corrected chi connectivity index (χ0v) is 9.25. The molecule has 0 radical (unpaired) electrons. The van der Waals surface area contributed by atoms with Gasteiger partial charge >= 0.3 is 5.97 Å². The Labute approximate surface area is 90.4 Å². The summed E-state index contributed by atoms with van der Waals surface area (Å²) < 4.78 is 5.09. The van der Waals surface area contributed by atoms with Gasteiger partial charge in [-0.05, 0) is 25.5 Å². The maximum Gasteiger partial charge on any atom is 0.340 e. The maximum absolute atomic E-state index is 11.6. The highest BCUT2D eigenvalue weighted by molar-refractivity contribution is 5.95. The Morgan fingerprint density at radius 3 is 2.73 bits per heavy atom. The maximum atomic E-state index is 11.6. The van der Waals surface area contributed by atoms with Crippen LogP contribution in [0.5, 0.6) is 0 Å². The molecule has 1 aromatic carbocycles. The number of nitrogens with one attached hydrogen (secondary N) is 1. The van der Waals surface area contributed by atoms with E-state index in [4.69, 9.17) is 4.74 Å². The largest absolute Gasteiger partial charge is 0.462 e. The van der Waals surface area contributed by atoms with Crippen LogP contribution in [-0.4, -0.2) is 19.1 Å². The van der Waals surface area contributed by atoms with Crippen molar-refractivity contribution in [2.24, 2.45) is 0 Å². The SMILES string of the molecule is CCCOC(=O)c1ccccc1NCC. The van der Waals surface area contributed by atoms with Gasteiger partial charge in [0.15, 0.2) is 0 Å². The minimum Gasteiger partial charge on any atom is -0.462 e. The topological polar surface area (TPSA) is 38.3 Å². The molecular formula is C12H17NO2. The van der Waals surface area contributed by atoms with Gasteiger partial charge in [-0.25, -0.2) is 4.79 Å². The summed E-state index contributed by atoms with van der Waals surface area (Å²) in [5.74, 6) is -0.256. The number of carbonyl (C=O) groups is 1. The van der Waals surface area contributed by atoms with Crippen molar-refractivity contribution in [3.63, 3.8) is 0 Å². The Bertz CT molecular complexity index is 323. The van der Waals surface area contributed by atoms with Crippen molar-refractivity contribution in [2.75, 3.05) is 18.5 Å². The fourth-order valence-corrected chi connectivity index (χ4v) is 1.28. The van der Waals surface area contributed by atoms with Gasteiger partial charge in [0.1, 0.15) is 0 Å². The molecule has 0 saturated carbocycles. The molecule has 0 unspecified atom stereocenters. The summed E-state index contributed by atoms with van der Waals surface area (Å²) in [5.41, 5.74) is 1.44. The zero-order valence-electron chi connectivity index (χ0n) is 9.25. The van der Waals surface area contributed by atoms with Gasteiger partial charge in [-0.2, -0.15) is 0 Å².